The van der Waals surface area contributed by atoms with Crippen LogP contribution in [0.5, 0.6) is 0 Å². The fourth-order valence-electron chi connectivity index (χ4n) is 2.32. The second-order valence-electron chi connectivity index (χ2n) is 5.56. The lowest BCUT2D eigenvalue weighted by Gasteiger charge is -2.28. The van der Waals surface area contributed by atoms with Crippen LogP contribution < -0.4 is 4.72 Å². The van der Waals surface area contributed by atoms with Gasteiger partial charge in [-0.1, -0.05) is 11.6 Å². The van der Waals surface area contributed by atoms with Gasteiger partial charge in [0.05, 0.1) is 29.9 Å². The minimum absolute atomic E-state index is 0.224. The van der Waals surface area contributed by atoms with Gasteiger partial charge in [-0.25, -0.2) is 13.1 Å². The largest absolute Gasteiger partial charge is 0.416 e. The van der Waals surface area contributed by atoms with E-state index >= 15 is 0 Å². The zero-order valence-corrected chi connectivity index (χ0v) is 14.7. The van der Waals surface area contributed by atoms with E-state index in [0.717, 1.165) is 6.07 Å². The van der Waals surface area contributed by atoms with Gasteiger partial charge in [-0.2, -0.15) is 13.2 Å². The Hall–Kier alpha value is -0.910. The Morgan fingerprint density at radius 1 is 1.32 bits per heavy atom. The summed E-state index contributed by atoms with van der Waals surface area (Å²) < 4.78 is 69.9. The molecule has 2 rings (SSSR count). The van der Waals surface area contributed by atoms with E-state index in [0.29, 0.717) is 38.4 Å². The van der Waals surface area contributed by atoms with Crippen molar-refractivity contribution in [3.8, 4) is 0 Å². The van der Waals surface area contributed by atoms with E-state index in [-0.39, 0.29) is 18.1 Å². The number of β-amino-alcohol motifs (C(OH)–C–C–N with tert-alkyl or cyclic N) is 1. The molecule has 1 aromatic rings. The lowest BCUT2D eigenvalue weighted by Crippen LogP contribution is -2.44. The Morgan fingerprint density at radius 2 is 1.96 bits per heavy atom. The number of hydrogen-bond donors (Lipinski definition) is 2. The first-order valence-electron chi connectivity index (χ1n) is 7.44. The van der Waals surface area contributed by atoms with Crippen molar-refractivity contribution in [2.75, 3.05) is 39.4 Å². The van der Waals surface area contributed by atoms with Gasteiger partial charge in [-0.15, -0.1) is 0 Å². The molecule has 2 N–H and O–H groups in total. The third-order valence-corrected chi connectivity index (χ3v) is 5.53. The molecule has 11 heteroatoms. The third kappa shape index (κ3) is 5.80. The fraction of sp³-hybridized carbons (Fsp3) is 0.571. The Kier molecular flexibility index (Phi) is 6.68. The van der Waals surface area contributed by atoms with Crippen LogP contribution in [0.1, 0.15) is 5.56 Å². The third-order valence-electron chi connectivity index (χ3n) is 3.63. The van der Waals surface area contributed by atoms with Crippen molar-refractivity contribution in [1.29, 1.82) is 0 Å². The molecule has 0 radical (unpaired) electrons. The average Bonchev–Trinajstić information content (AvgIpc) is 2.53. The van der Waals surface area contributed by atoms with Gasteiger partial charge in [0.1, 0.15) is 4.90 Å². The van der Waals surface area contributed by atoms with Crippen LogP contribution in [0.4, 0.5) is 13.2 Å². The van der Waals surface area contributed by atoms with Gasteiger partial charge in [-0.05, 0) is 18.2 Å². The lowest BCUT2D eigenvalue weighted by atomic mass is 10.2. The maximum absolute atomic E-state index is 12.7. The molecular weight excluding hydrogens is 385 g/mol. The van der Waals surface area contributed by atoms with Gasteiger partial charge in [0.2, 0.25) is 10.0 Å². The topological polar surface area (TPSA) is 78.9 Å². The number of benzene rings is 1. The quantitative estimate of drug-likeness (QED) is 0.750. The highest BCUT2D eigenvalue weighted by Gasteiger charge is 2.32. The van der Waals surface area contributed by atoms with Crippen LogP contribution in [0.3, 0.4) is 0 Å². The molecule has 0 bridgehead atoms. The molecule has 25 heavy (non-hydrogen) atoms. The first-order chi connectivity index (χ1) is 11.6. The molecule has 1 aliphatic rings. The first-order valence-corrected chi connectivity index (χ1v) is 9.30. The number of ether oxygens (including phenoxy) is 1. The van der Waals surface area contributed by atoms with Gasteiger partial charge < -0.3 is 9.84 Å². The van der Waals surface area contributed by atoms with Crippen molar-refractivity contribution in [3.63, 3.8) is 0 Å². The summed E-state index contributed by atoms with van der Waals surface area (Å²) in [5.41, 5.74) is -1.12. The summed E-state index contributed by atoms with van der Waals surface area (Å²) in [4.78, 5) is 1.22. The van der Waals surface area contributed by atoms with Crippen LogP contribution >= 0.6 is 11.6 Å². The SMILES string of the molecule is O=S(=O)(NCC(O)CN1CCOCC1)c1cc(C(F)(F)F)ccc1Cl. The average molecular weight is 403 g/mol. The van der Waals surface area contributed by atoms with Crippen molar-refractivity contribution < 1.29 is 31.4 Å². The molecule has 6 nitrogen and oxygen atoms in total. The van der Waals surface area contributed by atoms with Crippen molar-refractivity contribution in [2.45, 2.75) is 17.2 Å². The number of nitrogens with one attached hydrogen (secondary N) is 1. The molecule has 1 heterocycles. The predicted octanol–water partition coefficient (Wildman–Crippen LogP) is 1.33. The van der Waals surface area contributed by atoms with E-state index in [2.05, 4.69) is 4.72 Å². The second-order valence-corrected chi connectivity index (χ2v) is 7.70. The zero-order valence-electron chi connectivity index (χ0n) is 13.1. The molecule has 1 atom stereocenters. The molecular formula is C14H18ClF3N2O4S. The van der Waals surface area contributed by atoms with Gasteiger partial charge in [-0.3, -0.25) is 4.90 Å². The normalized spacial score (nSPS) is 18.3. The van der Waals surface area contributed by atoms with Gasteiger partial charge in [0.15, 0.2) is 0 Å². The fourth-order valence-corrected chi connectivity index (χ4v) is 3.91. The molecule has 1 aromatic carbocycles. The highest BCUT2D eigenvalue weighted by Crippen LogP contribution is 2.33. The van der Waals surface area contributed by atoms with Crippen molar-refractivity contribution >= 4 is 21.6 Å². The molecule has 0 spiro atoms. The first kappa shape index (κ1) is 20.4. The van der Waals surface area contributed by atoms with Crippen LogP contribution in [0, 0.1) is 0 Å². The molecule has 1 unspecified atom stereocenters. The number of alkyl halides is 3. The Labute approximate surface area is 148 Å². The van der Waals surface area contributed by atoms with Gasteiger partial charge in [0.25, 0.3) is 0 Å². The summed E-state index contributed by atoms with van der Waals surface area (Å²) in [6.45, 7) is 2.16. The molecule has 0 amide bonds. The number of hydrogen-bond acceptors (Lipinski definition) is 5. The van der Waals surface area contributed by atoms with Crippen LogP contribution in [-0.2, 0) is 20.9 Å². The Balaban J connectivity index is 2.03. The summed E-state index contributed by atoms with van der Waals surface area (Å²) in [5.74, 6) is 0. The summed E-state index contributed by atoms with van der Waals surface area (Å²) in [7, 11) is -4.29. The summed E-state index contributed by atoms with van der Waals surface area (Å²) in [6, 6.07) is 2.05. The van der Waals surface area contributed by atoms with Gasteiger partial charge in [0, 0.05) is 26.2 Å². The predicted molar refractivity (Wildman–Crippen MR) is 84.9 cm³/mol. The Morgan fingerprint density at radius 3 is 2.56 bits per heavy atom. The van der Waals surface area contributed by atoms with Crippen molar-refractivity contribution in [2.24, 2.45) is 0 Å². The molecule has 1 saturated heterocycles. The number of aliphatic hydroxyl groups excluding tert-OH is 1. The van der Waals surface area contributed by atoms with E-state index in [1.165, 1.54) is 0 Å². The molecule has 1 fully saturated rings. The van der Waals surface area contributed by atoms with Gasteiger partial charge >= 0.3 is 6.18 Å². The van der Waals surface area contributed by atoms with E-state index in [1.807, 2.05) is 4.90 Å². The smallest absolute Gasteiger partial charge is 0.390 e. The van der Waals surface area contributed by atoms with E-state index < -0.39 is 32.8 Å². The number of rotatable bonds is 6. The maximum Gasteiger partial charge on any atom is 0.416 e. The maximum atomic E-state index is 12.7. The standard InChI is InChI=1S/C14H18ClF3N2O4S/c15-12-2-1-10(14(16,17)18)7-13(12)25(22,23)19-8-11(21)9-20-3-5-24-6-4-20/h1-2,7,11,19,21H,3-6,8-9H2. The molecule has 0 saturated carbocycles. The van der Waals surface area contributed by atoms with E-state index in [1.54, 1.807) is 0 Å². The number of halogens is 4. The summed E-state index contributed by atoms with van der Waals surface area (Å²) >= 11 is 5.73. The number of morpholine rings is 1. The van der Waals surface area contributed by atoms with Crippen molar-refractivity contribution in [3.05, 3.63) is 28.8 Å². The molecule has 0 aliphatic carbocycles. The summed E-state index contributed by atoms with van der Waals surface area (Å²) in [5, 5.41) is 9.61. The second kappa shape index (κ2) is 8.19. The highest BCUT2D eigenvalue weighted by atomic mass is 35.5. The summed E-state index contributed by atoms with van der Waals surface area (Å²) in [6.07, 6.45) is -5.71. The number of aliphatic hydroxyl groups is 1. The van der Waals surface area contributed by atoms with Crippen LogP contribution in [0.15, 0.2) is 23.1 Å². The lowest BCUT2D eigenvalue weighted by molar-refractivity contribution is -0.137. The Bertz CT molecular complexity index is 694. The van der Waals surface area contributed by atoms with Crippen molar-refractivity contribution in [1.82, 2.24) is 9.62 Å². The van der Waals surface area contributed by atoms with Crippen LogP contribution in [-0.4, -0.2) is 63.9 Å². The van der Waals surface area contributed by atoms with E-state index in [4.69, 9.17) is 16.3 Å². The van der Waals surface area contributed by atoms with Crippen LogP contribution in [0.2, 0.25) is 5.02 Å². The van der Waals surface area contributed by atoms with E-state index in [9.17, 15) is 26.7 Å². The number of sulfonamides is 1. The minimum Gasteiger partial charge on any atom is -0.390 e. The monoisotopic (exact) mass is 402 g/mol. The highest BCUT2D eigenvalue weighted by molar-refractivity contribution is 7.89. The molecule has 1 aliphatic heterocycles. The zero-order chi connectivity index (χ0) is 18.7. The molecule has 142 valence electrons. The molecule has 0 aromatic heterocycles. The minimum atomic E-state index is -4.69. The van der Waals surface area contributed by atoms with Crippen LogP contribution in [0.25, 0.3) is 0 Å². The number of nitrogens with zero attached hydrogens (tertiary/aromatic N) is 1.